The fourth-order valence-electron chi connectivity index (χ4n) is 4.73. The molecule has 3 amide bonds. The standard InChI is InChI=1S/C24H33N3O3/c1-16-6-8-18(9-7-16)22(28)26-21(23(29)25-20-10-11-20)17-12-14-27(15-13-17)24(30)19-4-2-3-5-19/h6-9,17,19-21H,2-5,10-15H2,1H3,(H,25,29)(H,26,28). The van der Waals surface area contributed by atoms with Crippen LogP contribution < -0.4 is 10.6 Å². The molecule has 1 aromatic rings. The highest BCUT2D eigenvalue weighted by atomic mass is 16.2. The van der Waals surface area contributed by atoms with Crippen molar-refractivity contribution in [2.75, 3.05) is 13.1 Å². The zero-order valence-electron chi connectivity index (χ0n) is 17.9. The fourth-order valence-corrected chi connectivity index (χ4v) is 4.73. The minimum Gasteiger partial charge on any atom is -0.352 e. The van der Waals surface area contributed by atoms with Crippen LogP contribution in [0.3, 0.4) is 0 Å². The zero-order chi connectivity index (χ0) is 21.1. The molecule has 1 aliphatic heterocycles. The molecule has 1 atom stereocenters. The van der Waals surface area contributed by atoms with Crippen molar-refractivity contribution >= 4 is 17.7 Å². The van der Waals surface area contributed by atoms with Crippen LogP contribution in [0.25, 0.3) is 0 Å². The first-order valence-corrected chi connectivity index (χ1v) is 11.5. The SMILES string of the molecule is Cc1ccc(C(=O)NC(C(=O)NC2CC2)C2CCN(C(=O)C3CCCC3)CC2)cc1. The lowest BCUT2D eigenvalue weighted by atomic mass is 9.87. The summed E-state index contributed by atoms with van der Waals surface area (Å²) in [6.07, 6.45) is 7.85. The Morgan fingerprint density at radius 2 is 1.57 bits per heavy atom. The lowest BCUT2D eigenvalue weighted by Gasteiger charge is -2.36. The number of hydrogen-bond donors (Lipinski definition) is 2. The summed E-state index contributed by atoms with van der Waals surface area (Å²) in [6, 6.07) is 7.10. The second-order valence-electron chi connectivity index (χ2n) is 9.24. The number of rotatable bonds is 6. The number of nitrogens with zero attached hydrogens (tertiary/aromatic N) is 1. The highest BCUT2D eigenvalue weighted by molar-refractivity contribution is 5.97. The van der Waals surface area contributed by atoms with Gasteiger partial charge in [-0.05, 0) is 63.5 Å². The minimum absolute atomic E-state index is 0.0470. The Hall–Kier alpha value is -2.37. The van der Waals surface area contributed by atoms with Crippen LogP contribution >= 0.6 is 0 Å². The number of aryl methyl sites for hydroxylation is 1. The predicted octanol–water partition coefficient (Wildman–Crippen LogP) is 2.80. The molecular formula is C24H33N3O3. The number of nitrogens with one attached hydrogen (secondary N) is 2. The Labute approximate surface area is 178 Å². The molecule has 162 valence electrons. The molecule has 3 fully saturated rings. The van der Waals surface area contributed by atoms with E-state index in [-0.39, 0.29) is 35.6 Å². The summed E-state index contributed by atoms with van der Waals surface area (Å²) in [5.74, 6) is 0.227. The Bertz CT molecular complexity index is 773. The molecule has 2 N–H and O–H groups in total. The van der Waals surface area contributed by atoms with Crippen molar-refractivity contribution in [2.45, 2.75) is 70.4 Å². The summed E-state index contributed by atoms with van der Waals surface area (Å²) in [5, 5.41) is 6.06. The first kappa shape index (κ1) is 20.9. The molecule has 6 nitrogen and oxygen atoms in total. The van der Waals surface area contributed by atoms with Crippen molar-refractivity contribution in [3.05, 3.63) is 35.4 Å². The molecule has 0 spiro atoms. The van der Waals surface area contributed by atoms with E-state index >= 15 is 0 Å². The third-order valence-electron chi connectivity index (χ3n) is 6.83. The molecule has 30 heavy (non-hydrogen) atoms. The average molecular weight is 412 g/mol. The molecule has 0 aromatic heterocycles. The van der Waals surface area contributed by atoms with Gasteiger partial charge in [-0.15, -0.1) is 0 Å². The lowest BCUT2D eigenvalue weighted by Crippen LogP contribution is -2.54. The smallest absolute Gasteiger partial charge is 0.251 e. The second kappa shape index (κ2) is 9.19. The lowest BCUT2D eigenvalue weighted by molar-refractivity contribution is -0.137. The highest BCUT2D eigenvalue weighted by Crippen LogP contribution is 2.29. The number of carbonyl (C=O) groups excluding carboxylic acids is 3. The van der Waals surface area contributed by atoms with E-state index in [1.165, 1.54) is 0 Å². The van der Waals surface area contributed by atoms with E-state index in [1.807, 2.05) is 24.0 Å². The van der Waals surface area contributed by atoms with Gasteiger partial charge in [0.2, 0.25) is 11.8 Å². The van der Waals surface area contributed by atoms with Crippen LogP contribution in [-0.2, 0) is 9.59 Å². The maximum atomic E-state index is 12.9. The van der Waals surface area contributed by atoms with Crippen molar-refractivity contribution in [1.82, 2.24) is 15.5 Å². The second-order valence-corrected chi connectivity index (χ2v) is 9.24. The van der Waals surface area contributed by atoms with E-state index in [9.17, 15) is 14.4 Å². The minimum atomic E-state index is -0.553. The van der Waals surface area contributed by atoms with Gasteiger partial charge in [0.05, 0.1) is 0 Å². The largest absolute Gasteiger partial charge is 0.352 e. The van der Waals surface area contributed by atoms with E-state index in [4.69, 9.17) is 0 Å². The number of hydrogen-bond acceptors (Lipinski definition) is 3. The number of amides is 3. The topological polar surface area (TPSA) is 78.5 Å². The normalized spacial score (nSPS) is 21.3. The third kappa shape index (κ3) is 5.02. The monoisotopic (exact) mass is 411 g/mol. The van der Waals surface area contributed by atoms with Crippen LogP contribution in [0, 0.1) is 18.8 Å². The van der Waals surface area contributed by atoms with Crippen LogP contribution in [-0.4, -0.2) is 47.8 Å². The van der Waals surface area contributed by atoms with Crippen LogP contribution in [0.15, 0.2) is 24.3 Å². The van der Waals surface area contributed by atoms with Crippen LogP contribution in [0.5, 0.6) is 0 Å². The molecule has 1 unspecified atom stereocenters. The average Bonchev–Trinajstić information content (AvgIpc) is 3.40. The Morgan fingerprint density at radius 3 is 2.17 bits per heavy atom. The Morgan fingerprint density at radius 1 is 0.933 bits per heavy atom. The quantitative estimate of drug-likeness (QED) is 0.756. The van der Waals surface area contributed by atoms with Crippen molar-refractivity contribution in [3.63, 3.8) is 0 Å². The van der Waals surface area contributed by atoms with Gasteiger partial charge in [0, 0.05) is 30.6 Å². The molecule has 6 heteroatoms. The van der Waals surface area contributed by atoms with E-state index in [2.05, 4.69) is 10.6 Å². The zero-order valence-corrected chi connectivity index (χ0v) is 17.9. The van der Waals surface area contributed by atoms with Gasteiger partial charge in [-0.3, -0.25) is 14.4 Å². The molecule has 0 bridgehead atoms. The molecule has 1 aromatic carbocycles. The molecular weight excluding hydrogens is 378 g/mol. The molecule has 0 radical (unpaired) electrons. The van der Waals surface area contributed by atoms with Crippen LogP contribution in [0.1, 0.15) is 67.3 Å². The molecule has 1 heterocycles. The van der Waals surface area contributed by atoms with E-state index < -0.39 is 6.04 Å². The number of likely N-dealkylation sites (tertiary alicyclic amines) is 1. The first-order chi connectivity index (χ1) is 14.5. The van der Waals surface area contributed by atoms with Gasteiger partial charge in [0.15, 0.2) is 0 Å². The molecule has 2 aliphatic carbocycles. The molecule has 3 aliphatic rings. The van der Waals surface area contributed by atoms with Gasteiger partial charge in [0.1, 0.15) is 6.04 Å². The summed E-state index contributed by atoms with van der Waals surface area (Å²) in [5.41, 5.74) is 1.66. The van der Waals surface area contributed by atoms with Crippen molar-refractivity contribution < 1.29 is 14.4 Å². The van der Waals surface area contributed by atoms with Gasteiger partial charge >= 0.3 is 0 Å². The van der Waals surface area contributed by atoms with Gasteiger partial charge in [-0.25, -0.2) is 0 Å². The Kier molecular flexibility index (Phi) is 6.40. The van der Waals surface area contributed by atoms with E-state index in [1.54, 1.807) is 12.1 Å². The number of benzene rings is 1. The summed E-state index contributed by atoms with van der Waals surface area (Å²) in [4.78, 5) is 40.4. The van der Waals surface area contributed by atoms with E-state index in [0.29, 0.717) is 18.7 Å². The summed E-state index contributed by atoms with van der Waals surface area (Å²) in [7, 11) is 0. The van der Waals surface area contributed by atoms with Crippen LogP contribution in [0.4, 0.5) is 0 Å². The molecule has 4 rings (SSSR count). The Balaban J connectivity index is 1.39. The number of carbonyl (C=O) groups is 3. The summed E-state index contributed by atoms with van der Waals surface area (Å²) in [6.45, 7) is 3.33. The maximum absolute atomic E-state index is 12.9. The van der Waals surface area contributed by atoms with Gasteiger partial charge in [-0.2, -0.15) is 0 Å². The molecule has 1 saturated heterocycles. The third-order valence-corrected chi connectivity index (χ3v) is 6.83. The van der Waals surface area contributed by atoms with Crippen molar-refractivity contribution in [1.29, 1.82) is 0 Å². The first-order valence-electron chi connectivity index (χ1n) is 11.5. The van der Waals surface area contributed by atoms with Gasteiger partial charge in [-0.1, -0.05) is 30.5 Å². The predicted molar refractivity (Wildman–Crippen MR) is 115 cm³/mol. The fraction of sp³-hybridized carbons (Fsp3) is 0.625. The van der Waals surface area contributed by atoms with Gasteiger partial charge in [0.25, 0.3) is 5.91 Å². The summed E-state index contributed by atoms with van der Waals surface area (Å²) >= 11 is 0. The highest BCUT2D eigenvalue weighted by Gasteiger charge is 2.37. The van der Waals surface area contributed by atoms with E-state index in [0.717, 1.165) is 56.9 Å². The van der Waals surface area contributed by atoms with Crippen molar-refractivity contribution in [3.8, 4) is 0 Å². The van der Waals surface area contributed by atoms with Crippen LogP contribution in [0.2, 0.25) is 0 Å². The van der Waals surface area contributed by atoms with Gasteiger partial charge < -0.3 is 15.5 Å². The summed E-state index contributed by atoms with van der Waals surface area (Å²) < 4.78 is 0. The van der Waals surface area contributed by atoms with Crippen molar-refractivity contribution in [2.24, 2.45) is 11.8 Å². The molecule has 2 saturated carbocycles. The number of piperidine rings is 1. The maximum Gasteiger partial charge on any atom is 0.251 e.